The number of ether oxygens (including phenoxy) is 1. The van der Waals surface area contributed by atoms with Crippen LogP contribution in [0.3, 0.4) is 0 Å². The molecule has 0 heterocycles. The van der Waals surface area contributed by atoms with Gasteiger partial charge in [0.2, 0.25) is 0 Å². The van der Waals surface area contributed by atoms with E-state index in [1.54, 1.807) is 19.0 Å². The first-order chi connectivity index (χ1) is 6.07. The van der Waals surface area contributed by atoms with Crippen LogP contribution in [0, 0.1) is 0 Å². The summed E-state index contributed by atoms with van der Waals surface area (Å²) in [4.78, 5) is 12.7. The molecular formula is C9H18N2O2. The van der Waals surface area contributed by atoms with E-state index in [0.29, 0.717) is 12.4 Å². The van der Waals surface area contributed by atoms with Crippen LogP contribution < -0.4 is 5.73 Å². The number of hydrogen-bond acceptors (Lipinski definition) is 4. The molecule has 0 aliphatic carbocycles. The molecule has 0 rings (SSSR count). The second kappa shape index (κ2) is 6.34. The molecule has 0 unspecified atom stereocenters. The molecule has 0 aromatic heterocycles. The van der Waals surface area contributed by atoms with Crippen molar-refractivity contribution >= 4 is 5.97 Å². The first kappa shape index (κ1) is 11.8. The number of carbonyl (C=O) groups is 1. The zero-order valence-electron chi connectivity index (χ0n) is 8.54. The first-order valence-corrected chi connectivity index (χ1v) is 4.39. The summed E-state index contributed by atoms with van der Waals surface area (Å²) in [7, 11) is 3.54. The molecule has 0 atom stereocenters. The number of rotatable bonds is 5. The SMILES string of the molecule is CCCCOC(=O)C=C(N)N(C)C. The molecular weight excluding hydrogens is 168 g/mol. The lowest BCUT2D eigenvalue weighted by Gasteiger charge is -2.11. The average Bonchev–Trinajstić information content (AvgIpc) is 2.04. The van der Waals surface area contributed by atoms with Gasteiger partial charge in [0.05, 0.1) is 12.7 Å². The molecule has 4 heteroatoms. The number of hydrogen-bond donors (Lipinski definition) is 1. The Labute approximate surface area is 79.3 Å². The lowest BCUT2D eigenvalue weighted by Crippen LogP contribution is -2.20. The highest BCUT2D eigenvalue weighted by molar-refractivity contribution is 5.82. The van der Waals surface area contributed by atoms with Crippen LogP contribution in [-0.4, -0.2) is 31.6 Å². The van der Waals surface area contributed by atoms with Gasteiger partial charge in [-0.1, -0.05) is 13.3 Å². The van der Waals surface area contributed by atoms with E-state index in [-0.39, 0.29) is 5.97 Å². The molecule has 0 radical (unpaired) electrons. The fourth-order valence-electron chi connectivity index (χ4n) is 0.609. The minimum absolute atomic E-state index is 0.375. The summed E-state index contributed by atoms with van der Waals surface area (Å²) >= 11 is 0. The lowest BCUT2D eigenvalue weighted by molar-refractivity contribution is -0.138. The topological polar surface area (TPSA) is 55.6 Å². The van der Waals surface area contributed by atoms with Crippen LogP contribution in [0.25, 0.3) is 0 Å². The van der Waals surface area contributed by atoms with Crippen molar-refractivity contribution in [3.63, 3.8) is 0 Å². The van der Waals surface area contributed by atoms with E-state index in [4.69, 9.17) is 10.5 Å². The highest BCUT2D eigenvalue weighted by Crippen LogP contribution is 1.93. The molecule has 4 nitrogen and oxygen atoms in total. The monoisotopic (exact) mass is 186 g/mol. The van der Waals surface area contributed by atoms with Crippen molar-refractivity contribution in [2.45, 2.75) is 19.8 Å². The predicted molar refractivity (Wildman–Crippen MR) is 51.8 cm³/mol. The Kier molecular flexibility index (Phi) is 5.76. The highest BCUT2D eigenvalue weighted by Gasteiger charge is 2.00. The van der Waals surface area contributed by atoms with Crippen molar-refractivity contribution < 1.29 is 9.53 Å². The van der Waals surface area contributed by atoms with Gasteiger partial charge in [0.1, 0.15) is 5.82 Å². The fourth-order valence-corrected chi connectivity index (χ4v) is 0.609. The Hall–Kier alpha value is -1.19. The third-order valence-electron chi connectivity index (χ3n) is 1.52. The molecule has 0 saturated carbocycles. The molecule has 0 bridgehead atoms. The second-order valence-electron chi connectivity index (χ2n) is 2.98. The quantitative estimate of drug-likeness (QED) is 0.390. The Bertz CT molecular complexity index is 188. The summed E-state index contributed by atoms with van der Waals surface area (Å²) in [6.45, 7) is 2.50. The summed E-state index contributed by atoms with van der Waals surface area (Å²) in [5.74, 6) is 0.0288. The highest BCUT2D eigenvalue weighted by atomic mass is 16.5. The fraction of sp³-hybridized carbons (Fsp3) is 0.667. The van der Waals surface area contributed by atoms with Gasteiger partial charge in [0.25, 0.3) is 0 Å². The second-order valence-corrected chi connectivity index (χ2v) is 2.98. The molecule has 2 N–H and O–H groups in total. The minimum Gasteiger partial charge on any atom is -0.462 e. The number of nitrogens with two attached hydrogens (primary N) is 1. The van der Waals surface area contributed by atoms with Gasteiger partial charge in [0.15, 0.2) is 0 Å². The van der Waals surface area contributed by atoms with E-state index in [1.165, 1.54) is 6.08 Å². The predicted octanol–water partition coefficient (Wildman–Crippen LogP) is 0.691. The van der Waals surface area contributed by atoms with E-state index in [2.05, 4.69) is 0 Å². The Morgan fingerprint density at radius 3 is 2.62 bits per heavy atom. The molecule has 0 aromatic carbocycles. The summed E-state index contributed by atoms with van der Waals surface area (Å²) in [6.07, 6.45) is 3.19. The lowest BCUT2D eigenvalue weighted by atomic mass is 10.4. The number of carbonyl (C=O) groups excluding carboxylic acids is 1. The Morgan fingerprint density at radius 2 is 2.15 bits per heavy atom. The molecule has 0 saturated heterocycles. The Balaban J connectivity index is 3.79. The molecule has 76 valence electrons. The minimum atomic E-state index is -0.375. The van der Waals surface area contributed by atoms with Gasteiger partial charge < -0.3 is 15.4 Å². The van der Waals surface area contributed by atoms with Crippen LogP contribution >= 0.6 is 0 Å². The zero-order chi connectivity index (χ0) is 10.3. The maximum atomic E-state index is 11.0. The van der Waals surface area contributed by atoms with Crippen LogP contribution in [0.2, 0.25) is 0 Å². The normalized spacial score (nSPS) is 11.2. The van der Waals surface area contributed by atoms with E-state index >= 15 is 0 Å². The summed E-state index contributed by atoms with van der Waals surface area (Å²) in [6, 6.07) is 0. The van der Waals surface area contributed by atoms with Gasteiger partial charge in [0, 0.05) is 14.1 Å². The summed E-state index contributed by atoms with van der Waals surface area (Å²) < 4.78 is 4.88. The van der Waals surface area contributed by atoms with Gasteiger partial charge in [-0.15, -0.1) is 0 Å². The molecule has 0 spiro atoms. The van der Waals surface area contributed by atoms with Crippen LogP contribution in [0.1, 0.15) is 19.8 Å². The number of nitrogens with zero attached hydrogens (tertiary/aromatic N) is 1. The van der Waals surface area contributed by atoms with Crippen LogP contribution in [0.4, 0.5) is 0 Å². The van der Waals surface area contributed by atoms with Crippen molar-refractivity contribution in [1.29, 1.82) is 0 Å². The van der Waals surface area contributed by atoms with Gasteiger partial charge >= 0.3 is 5.97 Å². The molecule has 0 fully saturated rings. The third kappa shape index (κ3) is 6.02. The third-order valence-corrected chi connectivity index (χ3v) is 1.52. The molecule has 0 aromatic rings. The maximum absolute atomic E-state index is 11.0. The standard InChI is InChI=1S/C9H18N2O2/c1-4-5-6-13-9(12)7-8(10)11(2)3/h7H,4-6,10H2,1-3H3. The van der Waals surface area contributed by atoms with E-state index in [0.717, 1.165) is 12.8 Å². The largest absolute Gasteiger partial charge is 0.462 e. The van der Waals surface area contributed by atoms with Crippen molar-refractivity contribution in [2.24, 2.45) is 5.73 Å². The molecule has 0 aliphatic rings. The van der Waals surface area contributed by atoms with Crippen LogP contribution in [0.15, 0.2) is 11.9 Å². The molecule has 0 aliphatic heterocycles. The van der Waals surface area contributed by atoms with Gasteiger partial charge in [-0.3, -0.25) is 0 Å². The number of unbranched alkanes of at least 4 members (excludes halogenated alkanes) is 1. The van der Waals surface area contributed by atoms with E-state index < -0.39 is 0 Å². The van der Waals surface area contributed by atoms with Crippen molar-refractivity contribution in [1.82, 2.24) is 4.90 Å². The first-order valence-electron chi connectivity index (χ1n) is 4.39. The van der Waals surface area contributed by atoms with Gasteiger partial charge in [-0.05, 0) is 6.42 Å². The summed E-state index contributed by atoms with van der Waals surface area (Å²) in [5.41, 5.74) is 5.51. The molecule has 0 amide bonds. The van der Waals surface area contributed by atoms with Crippen LogP contribution in [0.5, 0.6) is 0 Å². The molecule has 13 heavy (non-hydrogen) atoms. The van der Waals surface area contributed by atoms with Crippen molar-refractivity contribution in [2.75, 3.05) is 20.7 Å². The average molecular weight is 186 g/mol. The smallest absolute Gasteiger partial charge is 0.334 e. The van der Waals surface area contributed by atoms with Gasteiger partial charge in [-0.2, -0.15) is 0 Å². The number of esters is 1. The van der Waals surface area contributed by atoms with Crippen LogP contribution in [-0.2, 0) is 9.53 Å². The van der Waals surface area contributed by atoms with E-state index in [9.17, 15) is 4.79 Å². The van der Waals surface area contributed by atoms with Crippen molar-refractivity contribution in [3.05, 3.63) is 11.9 Å². The van der Waals surface area contributed by atoms with Crippen molar-refractivity contribution in [3.8, 4) is 0 Å². The maximum Gasteiger partial charge on any atom is 0.334 e. The Morgan fingerprint density at radius 1 is 1.54 bits per heavy atom. The zero-order valence-corrected chi connectivity index (χ0v) is 8.54. The van der Waals surface area contributed by atoms with Gasteiger partial charge in [-0.25, -0.2) is 4.79 Å². The van der Waals surface area contributed by atoms with E-state index in [1.807, 2.05) is 6.92 Å². The summed E-state index contributed by atoms with van der Waals surface area (Å²) in [5, 5.41) is 0.